The Morgan fingerprint density at radius 3 is 2.64 bits per heavy atom. The number of para-hydroxylation sites is 1. The molecule has 2 rings (SSSR count). The fourth-order valence-corrected chi connectivity index (χ4v) is 1.02. The number of pyridine rings is 1. The van der Waals surface area contributed by atoms with Crippen LogP contribution >= 0.6 is 0 Å². The van der Waals surface area contributed by atoms with Gasteiger partial charge in [0.15, 0.2) is 0 Å². The maximum Gasteiger partial charge on any atom is 1.00 e. The van der Waals surface area contributed by atoms with Gasteiger partial charge in [-0.05, 0) is 12.1 Å². The molecule has 0 N–H and O–H groups in total. The van der Waals surface area contributed by atoms with Crippen LogP contribution in [0.1, 0.15) is 2.85 Å². The molecule has 0 unspecified atom stereocenters. The molecular formula is C9H9NNa+. The normalized spacial score (nSPS) is 9.09. The summed E-state index contributed by atoms with van der Waals surface area (Å²) in [7, 11) is 0. The molecule has 0 aliphatic heterocycles. The summed E-state index contributed by atoms with van der Waals surface area (Å²) < 4.78 is 0. The summed E-state index contributed by atoms with van der Waals surface area (Å²) in [5.74, 6) is 0. The van der Waals surface area contributed by atoms with Gasteiger partial charge >= 0.3 is 31.0 Å². The first-order valence-electron chi connectivity index (χ1n) is 3.26. The molecule has 0 aliphatic rings. The third-order valence-corrected chi connectivity index (χ3v) is 1.51. The van der Waals surface area contributed by atoms with Crippen molar-refractivity contribution in [3.8, 4) is 0 Å². The standard InChI is InChI=1S/C9H7N.Na.H/c1-2-6-9-8(4-1)5-3-7-10-9;;/h1-7H;;/q;+1;-1/p+1. The Hall–Kier alpha value is -0.370. The Morgan fingerprint density at radius 2 is 1.82 bits per heavy atom. The number of benzene rings is 1. The van der Waals surface area contributed by atoms with E-state index < -0.39 is 0 Å². The Balaban J connectivity index is 0. The fraction of sp³-hybridized carbons (Fsp3) is 0. The van der Waals surface area contributed by atoms with Crippen molar-refractivity contribution in [2.45, 2.75) is 0 Å². The van der Waals surface area contributed by atoms with Crippen molar-refractivity contribution < 1.29 is 32.4 Å². The molecule has 50 valence electrons. The quantitative estimate of drug-likeness (QED) is 0.465. The molecule has 0 fully saturated rings. The zero-order valence-corrected chi connectivity index (χ0v) is 8.49. The van der Waals surface area contributed by atoms with E-state index in [9.17, 15) is 0 Å². The van der Waals surface area contributed by atoms with Crippen molar-refractivity contribution in [3.05, 3.63) is 42.6 Å². The van der Waals surface area contributed by atoms with Crippen molar-refractivity contribution in [2.24, 2.45) is 0 Å². The summed E-state index contributed by atoms with van der Waals surface area (Å²) in [6, 6.07) is 12.1. The minimum Gasteiger partial charge on any atom is -1.00 e. The van der Waals surface area contributed by atoms with E-state index in [0.29, 0.717) is 0 Å². The van der Waals surface area contributed by atoms with Gasteiger partial charge in [-0.15, -0.1) is 0 Å². The molecule has 2 aromatic rings. The molecule has 0 aliphatic carbocycles. The predicted molar refractivity (Wildman–Crippen MR) is 44.0 cm³/mol. The number of fused-ring (bicyclic) bond motifs is 1. The van der Waals surface area contributed by atoms with Gasteiger partial charge in [0, 0.05) is 11.6 Å². The van der Waals surface area contributed by atoms with Gasteiger partial charge in [-0.25, -0.2) is 0 Å². The fourth-order valence-electron chi connectivity index (χ4n) is 1.02. The van der Waals surface area contributed by atoms with Crippen LogP contribution in [0.25, 0.3) is 10.9 Å². The molecule has 1 aromatic carbocycles. The zero-order valence-electron chi connectivity index (χ0n) is 8.49. The van der Waals surface area contributed by atoms with Crippen molar-refractivity contribution in [3.63, 3.8) is 0 Å². The van der Waals surface area contributed by atoms with E-state index in [1.54, 1.807) is 0 Å². The van der Waals surface area contributed by atoms with E-state index in [4.69, 9.17) is 0 Å². The Labute approximate surface area is 90.7 Å². The Bertz CT molecular complexity index is 289. The molecule has 0 atom stereocenters. The summed E-state index contributed by atoms with van der Waals surface area (Å²) in [5.41, 5.74) is 1.06. The van der Waals surface area contributed by atoms with Crippen LogP contribution in [0.2, 0.25) is 0 Å². The second-order valence-electron chi connectivity index (χ2n) is 2.20. The van der Waals surface area contributed by atoms with Crippen molar-refractivity contribution >= 4 is 10.9 Å². The Kier molecular flexibility index (Phi) is 3.06. The predicted octanol–water partition coefficient (Wildman–Crippen LogP) is -0.536. The molecule has 1 nitrogen and oxygen atoms in total. The number of hydrogen-bond donors (Lipinski definition) is 0. The number of rotatable bonds is 0. The van der Waals surface area contributed by atoms with Gasteiger partial charge in [0.2, 0.25) is 0 Å². The van der Waals surface area contributed by atoms with Crippen LogP contribution in [0, 0.1) is 0 Å². The van der Waals surface area contributed by atoms with Gasteiger partial charge in [0.1, 0.15) is 0 Å². The molecule has 1 heterocycles. The largest absolute Gasteiger partial charge is 1.00 e. The van der Waals surface area contributed by atoms with Gasteiger partial charge in [-0.3, -0.25) is 4.98 Å². The average molecular weight is 154 g/mol. The third kappa shape index (κ3) is 1.80. The average Bonchev–Trinajstić information content (AvgIpc) is 2.05. The molecule has 0 spiro atoms. The van der Waals surface area contributed by atoms with Crippen molar-refractivity contribution in [2.75, 3.05) is 0 Å². The van der Waals surface area contributed by atoms with Crippen LogP contribution in [0.15, 0.2) is 42.6 Å². The maximum atomic E-state index is 4.18. The molecule has 0 saturated carbocycles. The SMILES string of the molecule is [H+].[H-].[Na+].c1ccc2ncccc2c1. The minimum atomic E-state index is 0. The Morgan fingerprint density at radius 1 is 1.09 bits per heavy atom. The summed E-state index contributed by atoms with van der Waals surface area (Å²) >= 11 is 0. The van der Waals surface area contributed by atoms with E-state index in [1.165, 1.54) is 5.39 Å². The molecule has 0 amide bonds. The van der Waals surface area contributed by atoms with Gasteiger partial charge < -0.3 is 1.43 Å². The maximum absolute atomic E-state index is 4.18. The molecule has 0 radical (unpaired) electrons. The van der Waals surface area contributed by atoms with Crippen LogP contribution in [-0.2, 0) is 0 Å². The zero-order chi connectivity index (χ0) is 6.81. The van der Waals surface area contributed by atoms with Crippen molar-refractivity contribution in [1.29, 1.82) is 0 Å². The monoisotopic (exact) mass is 154 g/mol. The van der Waals surface area contributed by atoms with E-state index >= 15 is 0 Å². The van der Waals surface area contributed by atoms with Crippen LogP contribution in [-0.4, -0.2) is 4.98 Å². The summed E-state index contributed by atoms with van der Waals surface area (Å²) in [6.07, 6.45) is 1.81. The first-order valence-corrected chi connectivity index (χ1v) is 3.26. The smallest absolute Gasteiger partial charge is 1.00 e. The van der Waals surface area contributed by atoms with E-state index in [2.05, 4.69) is 17.1 Å². The second kappa shape index (κ2) is 3.86. The number of aromatic nitrogens is 1. The van der Waals surface area contributed by atoms with E-state index in [1.807, 2.05) is 30.5 Å². The van der Waals surface area contributed by atoms with Crippen LogP contribution in [0.3, 0.4) is 0 Å². The molecule has 1 aromatic heterocycles. The molecule has 0 saturated heterocycles. The van der Waals surface area contributed by atoms with Crippen LogP contribution < -0.4 is 29.6 Å². The van der Waals surface area contributed by atoms with Crippen molar-refractivity contribution in [1.82, 2.24) is 4.98 Å². The summed E-state index contributed by atoms with van der Waals surface area (Å²) in [5, 5.41) is 1.20. The number of hydrogen-bond acceptors (Lipinski definition) is 1. The molecular weight excluding hydrogens is 145 g/mol. The van der Waals surface area contributed by atoms with Gasteiger partial charge in [-0.1, -0.05) is 24.3 Å². The van der Waals surface area contributed by atoms with E-state index in [0.717, 1.165) is 5.52 Å². The van der Waals surface area contributed by atoms with Crippen LogP contribution in [0.5, 0.6) is 0 Å². The van der Waals surface area contributed by atoms with Gasteiger partial charge in [-0.2, -0.15) is 0 Å². The topological polar surface area (TPSA) is 12.9 Å². The number of nitrogens with zero attached hydrogens (tertiary/aromatic N) is 1. The third-order valence-electron chi connectivity index (χ3n) is 1.51. The van der Waals surface area contributed by atoms with Gasteiger partial charge in [0.25, 0.3) is 0 Å². The summed E-state index contributed by atoms with van der Waals surface area (Å²) in [6.45, 7) is 0. The summed E-state index contributed by atoms with van der Waals surface area (Å²) in [4.78, 5) is 4.18. The molecule has 0 bridgehead atoms. The molecule has 11 heavy (non-hydrogen) atoms. The first kappa shape index (κ1) is 8.72. The first-order chi connectivity index (χ1) is 4.97. The van der Waals surface area contributed by atoms with Gasteiger partial charge in [0.05, 0.1) is 5.52 Å². The minimum absolute atomic E-state index is 0. The second-order valence-corrected chi connectivity index (χ2v) is 2.20. The molecule has 2 heteroatoms. The van der Waals surface area contributed by atoms with E-state index in [-0.39, 0.29) is 32.4 Å². The van der Waals surface area contributed by atoms with Crippen LogP contribution in [0.4, 0.5) is 0 Å².